The molecule has 0 heterocycles. The molecule has 2 aromatic carbocycles. The Morgan fingerprint density at radius 3 is 2.24 bits per heavy atom. The number of halogens is 1. The van der Waals surface area contributed by atoms with Crippen LogP contribution in [0.4, 0.5) is 10.1 Å². The Labute approximate surface area is 169 Å². The summed E-state index contributed by atoms with van der Waals surface area (Å²) in [5.74, 6) is -1.57. The number of nitrogens with one attached hydrogen (secondary N) is 1. The van der Waals surface area contributed by atoms with Crippen molar-refractivity contribution >= 4 is 23.3 Å². The molecule has 1 N–H and O–H groups in total. The fourth-order valence-corrected chi connectivity index (χ4v) is 3.77. The highest BCUT2D eigenvalue weighted by atomic mass is 19.1. The molecule has 0 radical (unpaired) electrons. The first-order valence-corrected chi connectivity index (χ1v) is 9.71. The lowest BCUT2D eigenvalue weighted by molar-refractivity contribution is -0.159. The monoisotopic (exact) mass is 397 g/mol. The lowest BCUT2D eigenvalue weighted by atomic mass is 9.78. The van der Waals surface area contributed by atoms with Gasteiger partial charge in [0.1, 0.15) is 5.82 Å². The molecule has 152 valence electrons. The Morgan fingerprint density at radius 1 is 1.03 bits per heavy atom. The molecule has 0 saturated heterocycles. The van der Waals surface area contributed by atoms with Crippen LogP contribution in [0.1, 0.15) is 55.5 Å². The maximum Gasteiger partial charge on any atom is 0.317 e. The van der Waals surface area contributed by atoms with Gasteiger partial charge in [-0.25, -0.2) is 4.39 Å². The van der Waals surface area contributed by atoms with Gasteiger partial charge in [-0.2, -0.15) is 0 Å². The normalized spacial score (nSPS) is 16.1. The third kappa shape index (κ3) is 4.36. The van der Waals surface area contributed by atoms with Crippen LogP contribution in [0, 0.1) is 5.82 Å². The number of anilines is 1. The zero-order chi connectivity index (χ0) is 21.0. The SMILES string of the molecule is CC(=O)c1ccc(NC(=O)[C@@H](C)OC(=O)C2(c3ccccc3F)CCCC2)cc1. The van der Waals surface area contributed by atoms with Crippen molar-refractivity contribution in [1.29, 1.82) is 0 Å². The van der Waals surface area contributed by atoms with E-state index < -0.39 is 29.2 Å². The summed E-state index contributed by atoms with van der Waals surface area (Å²) in [6.45, 7) is 2.95. The van der Waals surface area contributed by atoms with E-state index >= 15 is 0 Å². The van der Waals surface area contributed by atoms with Crippen LogP contribution >= 0.6 is 0 Å². The second-order valence-electron chi connectivity index (χ2n) is 7.44. The van der Waals surface area contributed by atoms with Crippen LogP contribution in [0.5, 0.6) is 0 Å². The van der Waals surface area contributed by atoms with E-state index in [0.717, 1.165) is 12.8 Å². The van der Waals surface area contributed by atoms with Crippen molar-refractivity contribution in [1.82, 2.24) is 0 Å². The summed E-state index contributed by atoms with van der Waals surface area (Å²) in [6, 6.07) is 12.7. The lowest BCUT2D eigenvalue weighted by Gasteiger charge is -2.29. The van der Waals surface area contributed by atoms with E-state index in [9.17, 15) is 18.8 Å². The minimum absolute atomic E-state index is 0.0693. The van der Waals surface area contributed by atoms with Gasteiger partial charge in [-0.15, -0.1) is 0 Å². The number of benzene rings is 2. The molecule has 1 saturated carbocycles. The summed E-state index contributed by atoms with van der Waals surface area (Å²) in [6.07, 6.45) is 1.54. The number of hydrogen-bond donors (Lipinski definition) is 1. The highest BCUT2D eigenvalue weighted by molar-refractivity contribution is 5.97. The molecule has 2 aromatic rings. The highest BCUT2D eigenvalue weighted by Crippen LogP contribution is 2.43. The minimum Gasteiger partial charge on any atom is -0.452 e. The maximum atomic E-state index is 14.4. The fourth-order valence-electron chi connectivity index (χ4n) is 3.77. The zero-order valence-corrected chi connectivity index (χ0v) is 16.5. The van der Waals surface area contributed by atoms with E-state index in [1.807, 2.05) is 0 Å². The third-order valence-electron chi connectivity index (χ3n) is 5.45. The number of carbonyl (C=O) groups excluding carboxylic acids is 3. The Morgan fingerprint density at radius 2 is 1.66 bits per heavy atom. The van der Waals surface area contributed by atoms with E-state index in [4.69, 9.17) is 4.74 Å². The molecule has 1 amide bonds. The molecule has 1 atom stereocenters. The molecule has 0 aliphatic heterocycles. The summed E-state index contributed by atoms with van der Waals surface area (Å²) in [4.78, 5) is 36.8. The molecule has 0 spiro atoms. The van der Waals surface area contributed by atoms with Gasteiger partial charge in [0, 0.05) is 16.8 Å². The Bertz CT molecular complexity index is 917. The predicted molar refractivity (Wildman–Crippen MR) is 107 cm³/mol. The molecule has 29 heavy (non-hydrogen) atoms. The van der Waals surface area contributed by atoms with Crippen LogP contribution < -0.4 is 5.32 Å². The molecular weight excluding hydrogens is 373 g/mol. The van der Waals surface area contributed by atoms with Crippen LogP contribution in [0.25, 0.3) is 0 Å². The van der Waals surface area contributed by atoms with Gasteiger partial charge in [0.25, 0.3) is 5.91 Å². The van der Waals surface area contributed by atoms with Crippen molar-refractivity contribution in [3.8, 4) is 0 Å². The van der Waals surface area contributed by atoms with Gasteiger partial charge >= 0.3 is 5.97 Å². The van der Waals surface area contributed by atoms with Gasteiger partial charge in [0.15, 0.2) is 11.9 Å². The van der Waals surface area contributed by atoms with Gasteiger partial charge < -0.3 is 10.1 Å². The Hall–Kier alpha value is -3.02. The average Bonchev–Trinajstić information content (AvgIpc) is 3.19. The largest absolute Gasteiger partial charge is 0.452 e. The number of ketones is 1. The van der Waals surface area contributed by atoms with Crippen molar-refractivity contribution < 1.29 is 23.5 Å². The third-order valence-corrected chi connectivity index (χ3v) is 5.45. The lowest BCUT2D eigenvalue weighted by Crippen LogP contribution is -2.40. The first-order valence-electron chi connectivity index (χ1n) is 9.71. The summed E-state index contributed by atoms with van der Waals surface area (Å²) < 4.78 is 19.9. The van der Waals surface area contributed by atoms with Crippen molar-refractivity contribution in [3.63, 3.8) is 0 Å². The van der Waals surface area contributed by atoms with Gasteiger partial charge in [-0.1, -0.05) is 31.0 Å². The Kier molecular flexibility index (Phi) is 6.11. The molecule has 5 nitrogen and oxygen atoms in total. The van der Waals surface area contributed by atoms with Crippen molar-refractivity contribution in [2.75, 3.05) is 5.32 Å². The van der Waals surface area contributed by atoms with Crippen LogP contribution in [-0.4, -0.2) is 23.8 Å². The molecule has 1 aliphatic rings. The van der Waals surface area contributed by atoms with Crippen molar-refractivity contribution in [2.24, 2.45) is 0 Å². The van der Waals surface area contributed by atoms with Crippen molar-refractivity contribution in [3.05, 3.63) is 65.5 Å². The minimum atomic E-state index is -1.05. The molecule has 0 aromatic heterocycles. The smallest absolute Gasteiger partial charge is 0.317 e. The molecule has 3 rings (SSSR count). The van der Waals surface area contributed by atoms with Gasteiger partial charge in [0.2, 0.25) is 0 Å². The first-order chi connectivity index (χ1) is 13.8. The standard InChI is InChI=1S/C23H24FNO4/c1-15(26)17-9-11-18(12-10-17)25-21(27)16(2)29-22(28)23(13-5-6-14-23)19-7-3-4-8-20(19)24/h3-4,7-12,16H,5-6,13-14H2,1-2H3,(H,25,27)/t16-/m1/s1. The molecule has 1 aliphatic carbocycles. The number of rotatable bonds is 6. The second kappa shape index (κ2) is 8.55. The second-order valence-corrected chi connectivity index (χ2v) is 7.44. The van der Waals surface area contributed by atoms with E-state index in [2.05, 4.69) is 5.32 Å². The molecule has 0 unspecified atom stereocenters. The Balaban J connectivity index is 1.70. The predicted octanol–water partition coefficient (Wildman–Crippen LogP) is 4.41. The topological polar surface area (TPSA) is 72.5 Å². The van der Waals surface area contributed by atoms with Gasteiger partial charge in [-0.05, 0) is 57.0 Å². The maximum absolute atomic E-state index is 14.4. The average molecular weight is 397 g/mol. The number of esters is 1. The van der Waals surface area contributed by atoms with Crippen LogP contribution in [0.3, 0.4) is 0 Å². The van der Waals surface area contributed by atoms with Crippen LogP contribution in [0.2, 0.25) is 0 Å². The van der Waals surface area contributed by atoms with E-state index in [1.165, 1.54) is 19.9 Å². The number of Topliss-reactive ketones (excluding diaryl/α,β-unsaturated/α-hetero) is 1. The molecular formula is C23H24FNO4. The summed E-state index contributed by atoms with van der Waals surface area (Å²) in [5, 5.41) is 2.67. The van der Waals surface area contributed by atoms with Crippen molar-refractivity contribution in [2.45, 2.75) is 51.0 Å². The number of hydrogen-bond acceptors (Lipinski definition) is 4. The highest BCUT2D eigenvalue weighted by Gasteiger charge is 2.46. The van der Waals surface area contributed by atoms with Crippen LogP contribution in [0.15, 0.2) is 48.5 Å². The van der Waals surface area contributed by atoms with Gasteiger partial charge in [0.05, 0.1) is 5.41 Å². The van der Waals surface area contributed by atoms with Crippen LogP contribution in [-0.2, 0) is 19.7 Å². The summed E-state index contributed by atoms with van der Waals surface area (Å²) in [7, 11) is 0. The van der Waals surface area contributed by atoms with Gasteiger partial charge in [-0.3, -0.25) is 14.4 Å². The molecule has 0 bridgehead atoms. The summed E-state index contributed by atoms with van der Waals surface area (Å²) in [5.41, 5.74) is 0.307. The zero-order valence-electron chi connectivity index (χ0n) is 16.5. The quantitative estimate of drug-likeness (QED) is 0.579. The molecule has 1 fully saturated rings. The van der Waals surface area contributed by atoms with E-state index in [0.29, 0.717) is 29.7 Å². The summed E-state index contributed by atoms with van der Waals surface area (Å²) >= 11 is 0. The number of ether oxygens (including phenoxy) is 1. The van der Waals surface area contributed by atoms with E-state index in [-0.39, 0.29) is 5.78 Å². The van der Waals surface area contributed by atoms with E-state index in [1.54, 1.807) is 42.5 Å². The molecule has 6 heteroatoms. The fraction of sp³-hybridized carbons (Fsp3) is 0.348. The first kappa shape index (κ1) is 20.7. The number of amides is 1. The number of carbonyl (C=O) groups is 3.